The summed E-state index contributed by atoms with van der Waals surface area (Å²) in [5.41, 5.74) is 0.892. The van der Waals surface area contributed by atoms with E-state index in [0.717, 1.165) is 18.4 Å². The third-order valence-corrected chi connectivity index (χ3v) is 2.66. The van der Waals surface area contributed by atoms with Crippen molar-refractivity contribution in [3.05, 3.63) is 29.8 Å². The highest BCUT2D eigenvalue weighted by Gasteiger charge is 2.03. The number of hydrogen-bond donors (Lipinski definition) is 1. The Hall–Kier alpha value is -1.97. The lowest BCUT2D eigenvalue weighted by Crippen LogP contribution is -2.21. The quantitative estimate of drug-likeness (QED) is 0.607. The van der Waals surface area contributed by atoms with Gasteiger partial charge in [0.25, 0.3) is 0 Å². The molecular formula is C15H21NO3. The molecule has 0 spiro atoms. The van der Waals surface area contributed by atoms with Crippen LogP contribution in [0, 0.1) is 0 Å². The SMILES string of the molecule is CCCCNC(=O)/C=C/c1ccc(OC)c(OC)c1. The number of amides is 1. The lowest BCUT2D eigenvalue weighted by Gasteiger charge is -2.07. The highest BCUT2D eigenvalue weighted by Crippen LogP contribution is 2.27. The van der Waals surface area contributed by atoms with Gasteiger partial charge in [-0.2, -0.15) is 0 Å². The molecule has 0 aliphatic rings. The second-order valence-corrected chi connectivity index (χ2v) is 4.09. The van der Waals surface area contributed by atoms with Gasteiger partial charge >= 0.3 is 0 Å². The summed E-state index contributed by atoms with van der Waals surface area (Å²) < 4.78 is 10.4. The molecule has 1 N–H and O–H groups in total. The summed E-state index contributed by atoms with van der Waals surface area (Å²) in [6.45, 7) is 2.80. The van der Waals surface area contributed by atoms with E-state index >= 15 is 0 Å². The summed E-state index contributed by atoms with van der Waals surface area (Å²) in [5, 5.41) is 2.82. The zero-order chi connectivity index (χ0) is 14.1. The van der Waals surface area contributed by atoms with E-state index in [2.05, 4.69) is 12.2 Å². The first-order valence-electron chi connectivity index (χ1n) is 6.39. The van der Waals surface area contributed by atoms with Crippen LogP contribution in [0.15, 0.2) is 24.3 Å². The predicted octanol–water partition coefficient (Wildman–Crippen LogP) is 2.63. The fraction of sp³-hybridized carbons (Fsp3) is 0.400. The topological polar surface area (TPSA) is 47.6 Å². The van der Waals surface area contributed by atoms with Crippen molar-refractivity contribution in [2.24, 2.45) is 0 Å². The summed E-state index contributed by atoms with van der Waals surface area (Å²) >= 11 is 0. The molecular weight excluding hydrogens is 242 g/mol. The van der Waals surface area contributed by atoms with Crippen LogP contribution in [0.4, 0.5) is 0 Å². The Morgan fingerprint density at radius 2 is 2.00 bits per heavy atom. The lowest BCUT2D eigenvalue weighted by molar-refractivity contribution is -0.116. The maximum Gasteiger partial charge on any atom is 0.243 e. The first kappa shape index (κ1) is 15.1. The first-order chi connectivity index (χ1) is 9.21. The van der Waals surface area contributed by atoms with Crippen LogP contribution in [0.1, 0.15) is 25.3 Å². The van der Waals surface area contributed by atoms with Crippen LogP contribution in [0.25, 0.3) is 6.08 Å². The van der Waals surface area contributed by atoms with Crippen LogP contribution >= 0.6 is 0 Å². The Labute approximate surface area is 114 Å². The van der Waals surface area contributed by atoms with Crippen molar-refractivity contribution in [1.29, 1.82) is 0 Å². The minimum Gasteiger partial charge on any atom is -0.493 e. The van der Waals surface area contributed by atoms with E-state index < -0.39 is 0 Å². The summed E-state index contributed by atoms with van der Waals surface area (Å²) in [5.74, 6) is 1.24. The van der Waals surface area contributed by atoms with Gasteiger partial charge in [-0.15, -0.1) is 0 Å². The first-order valence-corrected chi connectivity index (χ1v) is 6.39. The monoisotopic (exact) mass is 263 g/mol. The predicted molar refractivity (Wildman–Crippen MR) is 76.5 cm³/mol. The number of methoxy groups -OCH3 is 2. The van der Waals surface area contributed by atoms with Crippen molar-refractivity contribution in [3.63, 3.8) is 0 Å². The molecule has 0 aromatic heterocycles. The average molecular weight is 263 g/mol. The van der Waals surface area contributed by atoms with E-state index in [4.69, 9.17) is 9.47 Å². The maximum atomic E-state index is 11.5. The van der Waals surface area contributed by atoms with Crippen molar-refractivity contribution < 1.29 is 14.3 Å². The number of hydrogen-bond acceptors (Lipinski definition) is 3. The van der Waals surface area contributed by atoms with Gasteiger partial charge in [-0.25, -0.2) is 0 Å². The lowest BCUT2D eigenvalue weighted by atomic mass is 10.2. The highest BCUT2D eigenvalue weighted by molar-refractivity contribution is 5.91. The number of unbranched alkanes of at least 4 members (excludes halogenated alkanes) is 1. The number of carbonyl (C=O) groups is 1. The van der Waals surface area contributed by atoms with Gasteiger partial charge in [0.05, 0.1) is 14.2 Å². The minimum atomic E-state index is -0.0803. The van der Waals surface area contributed by atoms with E-state index in [1.165, 1.54) is 6.08 Å². The van der Waals surface area contributed by atoms with Crippen LogP contribution in [0.2, 0.25) is 0 Å². The summed E-state index contributed by atoms with van der Waals surface area (Å²) in [6.07, 6.45) is 5.34. The third-order valence-electron chi connectivity index (χ3n) is 2.66. The standard InChI is InChI=1S/C15H21NO3/c1-4-5-10-16-15(17)9-7-12-6-8-13(18-2)14(11-12)19-3/h6-9,11H,4-5,10H2,1-3H3,(H,16,17)/b9-7+. The Balaban J connectivity index is 2.63. The minimum absolute atomic E-state index is 0.0803. The second kappa shape index (κ2) is 8.19. The summed E-state index contributed by atoms with van der Waals surface area (Å²) in [6, 6.07) is 5.51. The number of rotatable bonds is 7. The zero-order valence-corrected chi connectivity index (χ0v) is 11.7. The van der Waals surface area contributed by atoms with E-state index in [0.29, 0.717) is 18.0 Å². The molecule has 0 radical (unpaired) electrons. The summed E-state index contributed by atoms with van der Waals surface area (Å²) in [7, 11) is 3.18. The van der Waals surface area contributed by atoms with Gasteiger partial charge in [0.15, 0.2) is 11.5 Å². The molecule has 1 rings (SSSR count). The smallest absolute Gasteiger partial charge is 0.243 e. The van der Waals surface area contributed by atoms with Gasteiger partial charge in [-0.05, 0) is 30.2 Å². The Morgan fingerprint density at radius 3 is 2.63 bits per heavy atom. The molecule has 4 nitrogen and oxygen atoms in total. The molecule has 1 aromatic rings. The Kier molecular flexibility index (Phi) is 6.50. The van der Waals surface area contributed by atoms with Gasteiger partial charge in [-0.3, -0.25) is 4.79 Å². The second-order valence-electron chi connectivity index (χ2n) is 4.09. The number of nitrogens with one attached hydrogen (secondary N) is 1. The average Bonchev–Trinajstić information content (AvgIpc) is 2.45. The van der Waals surface area contributed by atoms with E-state index in [1.807, 2.05) is 18.2 Å². The van der Waals surface area contributed by atoms with Gasteiger partial charge in [0.1, 0.15) is 0 Å². The number of carbonyl (C=O) groups excluding carboxylic acids is 1. The van der Waals surface area contributed by atoms with Gasteiger partial charge in [0.2, 0.25) is 5.91 Å². The fourth-order valence-corrected chi connectivity index (χ4v) is 1.58. The van der Waals surface area contributed by atoms with Crippen LogP contribution in [-0.2, 0) is 4.79 Å². The van der Waals surface area contributed by atoms with Crippen LogP contribution in [-0.4, -0.2) is 26.7 Å². The number of ether oxygens (including phenoxy) is 2. The molecule has 1 aromatic carbocycles. The van der Waals surface area contributed by atoms with Crippen molar-refractivity contribution in [2.45, 2.75) is 19.8 Å². The van der Waals surface area contributed by atoms with Gasteiger partial charge < -0.3 is 14.8 Å². The normalized spacial score (nSPS) is 10.5. The van der Waals surface area contributed by atoms with Gasteiger partial charge in [0, 0.05) is 12.6 Å². The fourth-order valence-electron chi connectivity index (χ4n) is 1.58. The van der Waals surface area contributed by atoms with Crippen molar-refractivity contribution in [3.8, 4) is 11.5 Å². The molecule has 0 heterocycles. The van der Waals surface area contributed by atoms with E-state index in [-0.39, 0.29) is 5.91 Å². The molecule has 4 heteroatoms. The molecule has 0 aliphatic heterocycles. The largest absolute Gasteiger partial charge is 0.493 e. The molecule has 0 unspecified atom stereocenters. The van der Waals surface area contributed by atoms with E-state index in [1.54, 1.807) is 20.3 Å². The summed E-state index contributed by atoms with van der Waals surface area (Å²) in [4.78, 5) is 11.5. The molecule has 19 heavy (non-hydrogen) atoms. The van der Waals surface area contributed by atoms with Gasteiger partial charge in [-0.1, -0.05) is 19.4 Å². The van der Waals surface area contributed by atoms with Crippen LogP contribution < -0.4 is 14.8 Å². The van der Waals surface area contributed by atoms with E-state index in [9.17, 15) is 4.79 Å². The molecule has 0 saturated carbocycles. The Morgan fingerprint density at radius 1 is 1.26 bits per heavy atom. The van der Waals surface area contributed by atoms with Crippen molar-refractivity contribution in [1.82, 2.24) is 5.32 Å². The van der Waals surface area contributed by atoms with Crippen LogP contribution in [0.3, 0.4) is 0 Å². The molecule has 104 valence electrons. The third kappa shape index (κ3) is 5.04. The molecule has 0 fully saturated rings. The van der Waals surface area contributed by atoms with Crippen molar-refractivity contribution in [2.75, 3.05) is 20.8 Å². The highest BCUT2D eigenvalue weighted by atomic mass is 16.5. The molecule has 0 atom stereocenters. The number of benzene rings is 1. The van der Waals surface area contributed by atoms with Crippen molar-refractivity contribution >= 4 is 12.0 Å². The molecule has 0 bridgehead atoms. The zero-order valence-electron chi connectivity index (χ0n) is 11.7. The molecule has 0 saturated heterocycles. The molecule has 1 amide bonds. The molecule has 0 aliphatic carbocycles. The Bertz CT molecular complexity index is 441. The van der Waals surface area contributed by atoms with Crippen LogP contribution in [0.5, 0.6) is 11.5 Å². The maximum absolute atomic E-state index is 11.5.